The highest BCUT2D eigenvalue weighted by Crippen LogP contribution is 2.51. The maximum absolute atomic E-state index is 14.1. The fourth-order valence-corrected chi connectivity index (χ4v) is 3.58. The molecule has 2 heterocycles. The standard InChI is InChI=1S/C18H18FNO2/c19-15-5-2-1-4-14(15)18(8-9-18)17(21)20-10-7-13(12-20)16-6-3-11-22-16/h1-6,11,13H,7-10,12H2. The molecular formula is C18H18FNO2. The predicted octanol–water partition coefficient (Wildman–Crippen LogP) is 3.47. The second-order valence-electron chi connectivity index (χ2n) is 6.31. The molecule has 1 amide bonds. The quantitative estimate of drug-likeness (QED) is 0.869. The molecule has 1 aromatic heterocycles. The largest absolute Gasteiger partial charge is 0.469 e. The van der Waals surface area contributed by atoms with Crippen LogP contribution in [0.15, 0.2) is 47.1 Å². The van der Waals surface area contributed by atoms with E-state index in [2.05, 4.69) is 0 Å². The molecule has 2 aromatic rings. The molecule has 4 rings (SSSR count). The Bertz CT molecular complexity index is 691. The fourth-order valence-electron chi connectivity index (χ4n) is 3.58. The molecule has 4 heteroatoms. The van der Waals surface area contributed by atoms with Gasteiger partial charge in [-0.05, 0) is 37.5 Å². The number of benzene rings is 1. The van der Waals surface area contributed by atoms with Gasteiger partial charge in [-0.15, -0.1) is 0 Å². The van der Waals surface area contributed by atoms with Crippen LogP contribution >= 0.6 is 0 Å². The van der Waals surface area contributed by atoms with Gasteiger partial charge in [0.25, 0.3) is 0 Å². The van der Waals surface area contributed by atoms with E-state index in [0.717, 1.165) is 31.6 Å². The van der Waals surface area contributed by atoms with E-state index in [0.29, 0.717) is 12.1 Å². The second kappa shape index (κ2) is 4.97. The van der Waals surface area contributed by atoms with Crippen molar-refractivity contribution in [1.82, 2.24) is 4.90 Å². The van der Waals surface area contributed by atoms with Gasteiger partial charge in [0.15, 0.2) is 0 Å². The Balaban J connectivity index is 1.54. The molecule has 1 unspecified atom stereocenters. The normalized spacial score (nSPS) is 22.8. The maximum Gasteiger partial charge on any atom is 0.233 e. The average molecular weight is 299 g/mol. The third-order valence-electron chi connectivity index (χ3n) is 4.97. The molecule has 3 nitrogen and oxygen atoms in total. The zero-order valence-corrected chi connectivity index (χ0v) is 12.3. The molecule has 0 spiro atoms. The number of amides is 1. The second-order valence-corrected chi connectivity index (χ2v) is 6.31. The van der Waals surface area contributed by atoms with Crippen LogP contribution in [0, 0.1) is 5.82 Å². The summed E-state index contributed by atoms with van der Waals surface area (Å²) < 4.78 is 19.5. The summed E-state index contributed by atoms with van der Waals surface area (Å²) in [5, 5.41) is 0. The minimum atomic E-state index is -0.622. The zero-order chi connectivity index (χ0) is 15.2. The van der Waals surface area contributed by atoms with Crippen LogP contribution in [0.1, 0.15) is 36.5 Å². The van der Waals surface area contributed by atoms with Crippen molar-refractivity contribution in [3.63, 3.8) is 0 Å². The van der Waals surface area contributed by atoms with Gasteiger partial charge in [0.2, 0.25) is 5.91 Å². The summed E-state index contributed by atoms with van der Waals surface area (Å²) in [6, 6.07) is 10.5. The number of halogens is 1. The highest BCUT2D eigenvalue weighted by molar-refractivity contribution is 5.91. The summed E-state index contributed by atoms with van der Waals surface area (Å²) in [6.07, 6.45) is 4.07. The van der Waals surface area contributed by atoms with Crippen LogP contribution < -0.4 is 0 Å². The van der Waals surface area contributed by atoms with Crippen LogP contribution in [0.3, 0.4) is 0 Å². The van der Waals surface area contributed by atoms with Crippen LogP contribution in [0.2, 0.25) is 0 Å². The first-order chi connectivity index (χ1) is 10.7. The minimum Gasteiger partial charge on any atom is -0.469 e. The van der Waals surface area contributed by atoms with Crippen molar-refractivity contribution in [2.45, 2.75) is 30.6 Å². The Kier molecular flexibility index (Phi) is 3.06. The van der Waals surface area contributed by atoms with Crippen molar-refractivity contribution in [2.24, 2.45) is 0 Å². The number of carbonyl (C=O) groups excluding carboxylic acids is 1. The Labute approximate surface area is 128 Å². The van der Waals surface area contributed by atoms with Gasteiger partial charge in [0.05, 0.1) is 11.7 Å². The molecule has 1 saturated carbocycles. The van der Waals surface area contributed by atoms with Crippen LogP contribution in [0.4, 0.5) is 4.39 Å². The lowest BCUT2D eigenvalue weighted by Crippen LogP contribution is -2.38. The molecule has 2 fully saturated rings. The number of hydrogen-bond donors (Lipinski definition) is 0. The van der Waals surface area contributed by atoms with E-state index < -0.39 is 5.41 Å². The number of rotatable bonds is 3. The average Bonchev–Trinajstić information content (AvgIpc) is 2.96. The Morgan fingerprint density at radius 1 is 1.23 bits per heavy atom. The first-order valence-corrected chi connectivity index (χ1v) is 7.78. The van der Waals surface area contributed by atoms with E-state index in [-0.39, 0.29) is 17.6 Å². The summed E-state index contributed by atoms with van der Waals surface area (Å²) in [5.74, 6) is 1.00. The fraction of sp³-hybridized carbons (Fsp3) is 0.389. The van der Waals surface area contributed by atoms with Crippen molar-refractivity contribution in [1.29, 1.82) is 0 Å². The van der Waals surface area contributed by atoms with Crippen LogP contribution in [0.25, 0.3) is 0 Å². The molecule has 1 saturated heterocycles. The molecule has 0 N–H and O–H groups in total. The van der Waals surface area contributed by atoms with Crippen molar-refractivity contribution in [3.8, 4) is 0 Å². The van der Waals surface area contributed by atoms with E-state index >= 15 is 0 Å². The SMILES string of the molecule is O=C(N1CCC(c2ccco2)C1)C1(c2ccccc2F)CC1. The van der Waals surface area contributed by atoms with Gasteiger partial charge in [-0.25, -0.2) is 4.39 Å². The van der Waals surface area contributed by atoms with Gasteiger partial charge in [-0.3, -0.25) is 4.79 Å². The van der Waals surface area contributed by atoms with Gasteiger partial charge in [0.1, 0.15) is 11.6 Å². The van der Waals surface area contributed by atoms with Crippen molar-refractivity contribution < 1.29 is 13.6 Å². The molecule has 114 valence electrons. The van der Waals surface area contributed by atoms with E-state index in [1.807, 2.05) is 17.0 Å². The van der Waals surface area contributed by atoms with E-state index in [9.17, 15) is 9.18 Å². The van der Waals surface area contributed by atoms with Crippen molar-refractivity contribution in [2.75, 3.05) is 13.1 Å². The van der Waals surface area contributed by atoms with Crippen molar-refractivity contribution in [3.05, 3.63) is 59.8 Å². The first-order valence-electron chi connectivity index (χ1n) is 7.78. The van der Waals surface area contributed by atoms with Crippen molar-refractivity contribution >= 4 is 5.91 Å². The predicted molar refractivity (Wildman–Crippen MR) is 80.0 cm³/mol. The minimum absolute atomic E-state index is 0.0756. The van der Waals surface area contributed by atoms with E-state index in [1.54, 1.807) is 24.5 Å². The molecule has 1 atom stereocenters. The molecule has 1 aliphatic heterocycles. The van der Waals surface area contributed by atoms with Crippen LogP contribution in [-0.4, -0.2) is 23.9 Å². The van der Waals surface area contributed by atoms with Gasteiger partial charge in [-0.2, -0.15) is 0 Å². The molecule has 1 aromatic carbocycles. The summed E-state index contributed by atoms with van der Waals surface area (Å²) in [5.41, 5.74) is -0.0647. The maximum atomic E-state index is 14.1. The highest BCUT2D eigenvalue weighted by Gasteiger charge is 2.55. The third-order valence-corrected chi connectivity index (χ3v) is 4.97. The summed E-state index contributed by atoms with van der Waals surface area (Å²) in [6.45, 7) is 1.39. The van der Waals surface area contributed by atoms with Gasteiger partial charge in [-0.1, -0.05) is 18.2 Å². The van der Waals surface area contributed by atoms with Gasteiger partial charge >= 0.3 is 0 Å². The number of nitrogens with zero attached hydrogens (tertiary/aromatic N) is 1. The van der Waals surface area contributed by atoms with Gasteiger partial charge in [0, 0.05) is 24.6 Å². The number of furan rings is 1. The molecule has 1 aliphatic carbocycles. The molecule has 0 radical (unpaired) electrons. The van der Waals surface area contributed by atoms with Gasteiger partial charge < -0.3 is 9.32 Å². The highest BCUT2D eigenvalue weighted by atomic mass is 19.1. The van der Waals surface area contributed by atoms with E-state index in [1.165, 1.54) is 6.07 Å². The summed E-state index contributed by atoms with van der Waals surface area (Å²) in [4.78, 5) is 14.8. The molecule has 2 aliphatic rings. The monoisotopic (exact) mass is 299 g/mol. The van der Waals surface area contributed by atoms with Crippen LogP contribution in [-0.2, 0) is 10.2 Å². The lowest BCUT2D eigenvalue weighted by Gasteiger charge is -2.23. The lowest BCUT2D eigenvalue weighted by molar-refractivity contribution is -0.133. The summed E-state index contributed by atoms with van der Waals surface area (Å²) >= 11 is 0. The number of carbonyl (C=O) groups is 1. The number of likely N-dealkylation sites (tertiary alicyclic amines) is 1. The Morgan fingerprint density at radius 2 is 2.05 bits per heavy atom. The summed E-state index contributed by atoms with van der Waals surface area (Å²) in [7, 11) is 0. The third kappa shape index (κ3) is 2.05. The Hall–Kier alpha value is -2.10. The van der Waals surface area contributed by atoms with E-state index in [4.69, 9.17) is 4.42 Å². The Morgan fingerprint density at radius 3 is 2.73 bits per heavy atom. The lowest BCUT2D eigenvalue weighted by atomic mass is 9.94. The number of hydrogen-bond acceptors (Lipinski definition) is 2. The van der Waals surface area contributed by atoms with Crippen LogP contribution in [0.5, 0.6) is 0 Å². The molecular weight excluding hydrogens is 281 g/mol. The topological polar surface area (TPSA) is 33.5 Å². The zero-order valence-electron chi connectivity index (χ0n) is 12.3. The first kappa shape index (κ1) is 13.6. The molecule has 22 heavy (non-hydrogen) atoms. The molecule has 0 bridgehead atoms. The smallest absolute Gasteiger partial charge is 0.233 e.